The Morgan fingerprint density at radius 1 is 1.16 bits per heavy atom. The molecule has 1 fully saturated rings. The molecule has 1 aromatic rings. The van der Waals surface area contributed by atoms with Crippen molar-refractivity contribution in [2.24, 2.45) is 5.92 Å². The van der Waals surface area contributed by atoms with Crippen LogP contribution in [0.5, 0.6) is 0 Å². The van der Waals surface area contributed by atoms with Crippen LogP contribution in [0.3, 0.4) is 0 Å². The minimum absolute atomic E-state index is 0.161. The van der Waals surface area contributed by atoms with Gasteiger partial charge in [0.05, 0.1) is 0 Å². The number of benzene rings is 1. The first kappa shape index (κ1) is 14.1. The predicted molar refractivity (Wildman–Crippen MR) is 77.4 cm³/mol. The minimum Gasteiger partial charge on any atom is -0.422 e. The van der Waals surface area contributed by atoms with Gasteiger partial charge in [0, 0.05) is 29.6 Å². The average Bonchev–Trinajstić information content (AvgIpc) is 2.29. The van der Waals surface area contributed by atoms with Crippen molar-refractivity contribution >= 4 is 40.2 Å². The van der Waals surface area contributed by atoms with Crippen LogP contribution in [0, 0.1) is 9.49 Å². The SMILES string of the molecule is CC1(C)OC(=O)C(CNc2ccc(I)cc2)C(=O)O1. The predicted octanol–water partition coefficient (Wildman–Crippen LogP) is 2.16. The summed E-state index contributed by atoms with van der Waals surface area (Å²) in [5, 5.41) is 3.02. The fourth-order valence-corrected chi connectivity index (χ4v) is 2.06. The molecule has 1 N–H and O–H groups in total. The Labute approximate surface area is 124 Å². The van der Waals surface area contributed by atoms with Gasteiger partial charge in [-0.3, -0.25) is 9.59 Å². The van der Waals surface area contributed by atoms with Gasteiger partial charge in [-0.2, -0.15) is 0 Å². The van der Waals surface area contributed by atoms with Crippen molar-refractivity contribution in [2.75, 3.05) is 11.9 Å². The second kappa shape index (κ2) is 5.36. The van der Waals surface area contributed by atoms with Crippen LogP contribution in [0.15, 0.2) is 24.3 Å². The number of nitrogens with one attached hydrogen (secondary N) is 1. The quantitative estimate of drug-likeness (QED) is 0.498. The van der Waals surface area contributed by atoms with E-state index < -0.39 is 23.6 Å². The molecule has 0 bridgehead atoms. The lowest BCUT2D eigenvalue weighted by atomic mass is 10.1. The molecule has 0 unspecified atom stereocenters. The summed E-state index contributed by atoms with van der Waals surface area (Å²) in [6.45, 7) is 3.23. The molecule has 1 aliphatic rings. The first-order valence-electron chi connectivity index (χ1n) is 5.82. The zero-order valence-electron chi connectivity index (χ0n) is 10.6. The summed E-state index contributed by atoms with van der Waals surface area (Å²) in [6, 6.07) is 7.63. The zero-order chi connectivity index (χ0) is 14.0. The van der Waals surface area contributed by atoms with Crippen molar-refractivity contribution in [3.05, 3.63) is 27.8 Å². The van der Waals surface area contributed by atoms with Gasteiger partial charge >= 0.3 is 11.9 Å². The highest BCUT2D eigenvalue weighted by Gasteiger charge is 2.42. The van der Waals surface area contributed by atoms with E-state index in [0.29, 0.717) is 0 Å². The highest BCUT2D eigenvalue weighted by molar-refractivity contribution is 14.1. The number of hydrogen-bond acceptors (Lipinski definition) is 5. The van der Waals surface area contributed by atoms with Gasteiger partial charge in [0.1, 0.15) is 0 Å². The number of anilines is 1. The molecule has 0 radical (unpaired) electrons. The van der Waals surface area contributed by atoms with Gasteiger partial charge in [-0.1, -0.05) is 0 Å². The van der Waals surface area contributed by atoms with Crippen LogP contribution in [0.25, 0.3) is 0 Å². The number of carbonyl (C=O) groups is 2. The third-order valence-corrected chi connectivity index (χ3v) is 3.34. The smallest absolute Gasteiger partial charge is 0.325 e. The standard InChI is InChI=1S/C13H14INO4/c1-13(2)18-11(16)10(12(17)19-13)7-15-9-5-3-8(14)4-6-9/h3-6,10,15H,7H2,1-2H3. The number of hydrogen-bond donors (Lipinski definition) is 1. The maximum absolute atomic E-state index is 11.7. The molecule has 19 heavy (non-hydrogen) atoms. The van der Waals surface area contributed by atoms with Gasteiger partial charge in [-0.25, -0.2) is 0 Å². The van der Waals surface area contributed by atoms with Crippen LogP contribution in [-0.4, -0.2) is 24.3 Å². The molecule has 0 amide bonds. The number of halogens is 1. The van der Waals surface area contributed by atoms with Crippen molar-refractivity contribution < 1.29 is 19.1 Å². The number of ether oxygens (including phenoxy) is 2. The molecule has 1 heterocycles. The Bertz CT molecular complexity index is 478. The van der Waals surface area contributed by atoms with E-state index >= 15 is 0 Å². The molecule has 0 aliphatic carbocycles. The fourth-order valence-electron chi connectivity index (χ4n) is 1.70. The first-order chi connectivity index (χ1) is 8.87. The van der Waals surface area contributed by atoms with Crippen LogP contribution in [0.1, 0.15) is 13.8 Å². The van der Waals surface area contributed by atoms with Crippen LogP contribution in [0.4, 0.5) is 5.69 Å². The highest BCUT2D eigenvalue weighted by atomic mass is 127. The molecule has 1 aliphatic heterocycles. The van der Waals surface area contributed by atoms with E-state index in [2.05, 4.69) is 27.9 Å². The zero-order valence-corrected chi connectivity index (χ0v) is 12.8. The number of esters is 2. The summed E-state index contributed by atoms with van der Waals surface area (Å²) in [7, 11) is 0. The molecule has 0 spiro atoms. The van der Waals surface area contributed by atoms with E-state index in [9.17, 15) is 9.59 Å². The Morgan fingerprint density at radius 3 is 2.21 bits per heavy atom. The number of cyclic esters (lactones) is 2. The Morgan fingerprint density at radius 2 is 1.68 bits per heavy atom. The molecule has 6 heteroatoms. The Hall–Kier alpha value is -1.31. The number of carbonyl (C=O) groups excluding carboxylic acids is 2. The molecular formula is C13H14INO4. The van der Waals surface area contributed by atoms with Gasteiger partial charge in [-0.05, 0) is 46.9 Å². The molecule has 1 saturated heterocycles. The minimum atomic E-state index is -1.17. The molecule has 0 atom stereocenters. The summed E-state index contributed by atoms with van der Waals surface area (Å²) >= 11 is 2.20. The van der Waals surface area contributed by atoms with E-state index in [-0.39, 0.29) is 6.54 Å². The monoisotopic (exact) mass is 375 g/mol. The summed E-state index contributed by atoms with van der Waals surface area (Å²) in [5.74, 6) is -3.21. The van der Waals surface area contributed by atoms with Gasteiger partial charge < -0.3 is 14.8 Å². The van der Waals surface area contributed by atoms with Crippen LogP contribution in [0.2, 0.25) is 0 Å². The lowest BCUT2D eigenvalue weighted by molar-refractivity contribution is -0.239. The van der Waals surface area contributed by atoms with E-state index in [0.717, 1.165) is 9.26 Å². The third-order valence-electron chi connectivity index (χ3n) is 2.62. The van der Waals surface area contributed by atoms with E-state index in [4.69, 9.17) is 9.47 Å². The second-order valence-electron chi connectivity index (χ2n) is 4.68. The third kappa shape index (κ3) is 3.59. The molecular weight excluding hydrogens is 361 g/mol. The topological polar surface area (TPSA) is 64.6 Å². The normalized spacial score (nSPS) is 18.7. The van der Waals surface area contributed by atoms with Crippen molar-refractivity contribution in [1.29, 1.82) is 0 Å². The molecule has 0 aromatic heterocycles. The van der Waals surface area contributed by atoms with E-state index in [1.165, 1.54) is 13.8 Å². The summed E-state index contributed by atoms with van der Waals surface area (Å²) < 4.78 is 11.2. The van der Waals surface area contributed by atoms with Crippen LogP contribution in [-0.2, 0) is 19.1 Å². The fraction of sp³-hybridized carbons (Fsp3) is 0.385. The van der Waals surface area contributed by atoms with Gasteiger partial charge in [0.25, 0.3) is 5.79 Å². The lowest BCUT2D eigenvalue weighted by Crippen LogP contribution is -2.48. The van der Waals surface area contributed by atoms with E-state index in [1.807, 2.05) is 24.3 Å². The average molecular weight is 375 g/mol. The van der Waals surface area contributed by atoms with Crippen LogP contribution >= 0.6 is 22.6 Å². The molecule has 5 nitrogen and oxygen atoms in total. The van der Waals surface area contributed by atoms with Crippen molar-refractivity contribution in [3.63, 3.8) is 0 Å². The summed E-state index contributed by atoms with van der Waals surface area (Å²) in [5.41, 5.74) is 0.839. The lowest BCUT2D eigenvalue weighted by Gasteiger charge is -2.32. The van der Waals surface area contributed by atoms with Crippen molar-refractivity contribution in [1.82, 2.24) is 0 Å². The molecule has 102 valence electrons. The Balaban J connectivity index is 1.98. The molecule has 1 aromatic carbocycles. The van der Waals surface area contributed by atoms with E-state index in [1.54, 1.807) is 0 Å². The largest absolute Gasteiger partial charge is 0.422 e. The highest BCUT2D eigenvalue weighted by Crippen LogP contribution is 2.23. The van der Waals surface area contributed by atoms with Crippen LogP contribution < -0.4 is 5.32 Å². The second-order valence-corrected chi connectivity index (χ2v) is 5.93. The Kier molecular flexibility index (Phi) is 3.98. The van der Waals surface area contributed by atoms with Crippen molar-refractivity contribution in [3.8, 4) is 0 Å². The summed E-state index contributed by atoms with van der Waals surface area (Å²) in [4.78, 5) is 23.5. The maximum Gasteiger partial charge on any atom is 0.325 e. The van der Waals surface area contributed by atoms with Crippen molar-refractivity contribution in [2.45, 2.75) is 19.6 Å². The maximum atomic E-state index is 11.7. The van der Waals surface area contributed by atoms with Gasteiger partial charge in [0.15, 0.2) is 5.92 Å². The molecule has 0 saturated carbocycles. The first-order valence-corrected chi connectivity index (χ1v) is 6.90. The number of rotatable bonds is 3. The molecule has 2 rings (SSSR count). The summed E-state index contributed by atoms with van der Waals surface area (Å²) in [6.07, 6.45) is 0. The van der Waals surface area contributed by atoms with Gasteiger partial charge in [-0.15, -0.1) is 0 Å². The van der Waals surface area contributed by atoms with Gasteiger partial charge in [0.2, 0.25) is 0 Å².